The zero-order valence-corrected chi connectivity index (χ0v) is 8.52. The molecule has 1 rings (SSSR count). The number of nitrogens with two attached hydrogens (primary N) is 1. The minimum absolute atomic E-state index is 0.0376. The maximum Gasteiger partial charge on any atom is 0.346 e. The summed E-state index contributed by atoms with van der Waals surface area (Å²) in [5.41, 5.74) is 7.60. The van der Waals surface area contributed by atoms with E-state index in [-0.39, 0.29) is 6.04 Å². The smallest absolute Gasteiger partial charge is 0.346 e. The molecular weight excluding hydrogens is 186 g/mol. The van der Waals surface area contributed by atoms with Crippen molar-refractivity contribution in [2.24, 2.45) is 5.73 Å². The van der Waals surface area contributed by atoms with Crippen LogP contribution in [-0.4, -0.2) is 11.1 Å². The molecule has 0 fully saturated rings. The van der Waals surface area contributed by atoms with E-state index in [1.807, 2.05) is 19.2 Å². The number of aromatic carboxylic acids is 1. The summed E-state index contributed by atoms with van der Waals surface area (Å²) >= 11 is 1.25. The molecule has 0 bridgehead atoms. The Balaban J connectivity index is 3.06. The van der Waals surface area contributed by atoms with Gasteiger partial charge in [0.2, 0.25) is 0 Å². The van der Waals surface area contributed by atoms with Gasteiger partial charge in [0.05, 0.1) is 0 Å². The quantitative estimate of drug-likeness (QED) is 0.784. The molecule has 3 nitrogen and oxygen atoms in total. The van der Waals surface area contributed by atoms with Gasteiger partial charge < -0.3 is 10.8 Å². The molecule has 0 saturated heterocycles. The van der Waals surface area contributed by atoms with Crippen molar-refractivity contribution >= 4 is 17.3 Å². The van der Waals surface area contributed by atoms with Gasteiger partial charge in [-0.1, -0.05) is 6.92 Å². The summed E-state index contributed by atoms with van der Waals surface area (Å²) in [5, 5.41) is 10.6. The van der Waals surface area contributed by atoms with Crippen molar-refractivity contribution in [2.75, 3.05) is 0 Å². The number of rotatable bonds is 3. The third kappa shape index (κ3) is 1.89. The van der Waals surface area contributed by atoms with Crippen molar-refractivity contribution in [1.82, 2.24) is 0 Å². The Morgan fingerprint density at radius 3 is 2.77 bits per heavy atom. The molecule has 0 aromatic carbocycles. The zero-order chi connectivity index (χ0) is 10.0. The molecule has 0 aliphatic heterocycles. The summed E-state index contributed by atoms with van der Waals surface area (Å²) in [5.74, 6) is -0.864. The minimum Gasteiger partial charge on any atom is -0.477 e. The standard InChI is InChI=1S/C9H13NO2S/c1-3-7(10)6-4-13-8(5(6)2)9(11)12/h4,7H,3,10H2,1-2H3,(H,11,12). The van der Waals surface area contributed by atoms with Crippen LogP contribution in [0.2, 0.25) is 0 Å². The van der Waals surface area contributed by atoms with Crippen LogP contribution in [0.5, 0.6) is 0 Å². The summed E-state index contributed by atoms with van der Waals surface area (Å²) in [6.07, 6.45) is 0.830. The highest BCUT2D eigenvalue weighted by molar-refractivity contribution is 7.12. The van der Waals surface area contributed by atoms with Gasteiger partial charge in [0.1, 0.15) is 4.88 Å². The molecule has 0 saturated carbocycles. The summed E-state index contributed by atoms with van der Waals surface area (Å²) < 4.78 is 0. The molecule has 1 heterocycles. The van der Waals surface area contributed by atoms with E-state index < -0.39 is 5.97 Å². The van der Waals surface area contributed by atoms with Crippen molar-refractivity contribution in [1.29, 1.82) is 0 Å². The predicted octanol–water partition coefficient (Wildman–Crippen LogP) is 2.16. The lowest BCUT2D eigenvalue weighted by Gasteiger charge is -2.07. The van der Waals surface area contributed by atoms with Crippen molar-refractivity contribution in [2.45, 2.75) is 26.3 Å². The first-order valence-corrected chi connectivity index (χ1v) is 5.02. The normalized spacial score (nSPS) is 12.8. The molecule has 3 N–H and O–H groups in total. The van der Waals surface area contributed by atoms with Crippen LogP contribution < -0.4 is 5.73 Å². The number of carboxylic acids is 1. The average Bonchev–Trinajstić information content (AvgIpc) is 2.46. The molecule has 1 atom stereocenters. The van der Waals surface area contributed by atoms with Crippen molar-refractivity contribution in [3.8, 4) is 0 Å². The first-order valence-electron chi connectivity index (χ1n) is 4.14. The van der Waals surface area contributed by atoms with Crippen LogP contribution in [0.4, 0.5) is 0 Å². The van der Waals surface area contributed by atoms with Gasteiger partial charge >= 0.3 is 5.97 Å². The Bertz CT molecular complexity index is 319. The van der Waals surface area contributed by atoms with Crippen LogP contribution in [0.25, 0.3) is 0 Å². The van der Waals surface area contributed by atoms with Crippen molar-refractivity contribution in [3.05, 3.63) is 21.4 Å². The highest BCUT2D eigenvalue weighted by atomic mass is 32.1. The Morgan fingerprint density at radius 2 is 2.38 bits per heavy atom. The van der Waals surface area contributed by atoms with Gasteiger partial charge in [-0.05, 0) is 29.9 Å². The average molecular weight is 199 g/mol. The monoisotopic (exact) mass is 199 g/mol. The van der Waals surface area contributed by atoms with Gasteiger partial charge in [0, 0.05) is 6.04 Å². The Morgan fingerprint density at radius 1 is 1.77 bits per heavy atom. The van der Waals surface area contributed by atoms with Crippen LogP contribution in [0.3, 0.4) is 0 Å². The van der Waals surface area contributed by atoms with E-state index >= 15 is 0 Å². The molecule has 0 aliphatic rings. The van der Waals surface area contributed by atoms with E-state index in [4.69, 9.17) is 10.8 Å². The van der Waals surface area contributed by atoms with Gasteiger partial charge in [0.25, 0.3) is 0 Å². The zero-order valence-electron chi connectivity index (χ0n) is 7.70. The first kappa shape index (κ1) is 10.2. The molecule has 72 valence electrons. The van der Waals surface area contributed by atoms with Gasteiger partial charge in [-0.3, -0.25) is 0 Å². The molecular formula is C9H13NO2S. The first-order chi connectivity index (χ1) is 6.07. The van der Waals surface area contributed by atoms with Gasteiger partial charge in [0.15, 0.2) is 0 Å². The third-order valence-corrected chi connectivity index (χ3v) is 3.20. The number of thiophene rings is 1. The highest BCUT2D eigenvalue weighted by Crippen LogP contribution is 2.27. The Hall–Kier alpha value is -0.870. The van der Waals surface area contributed by atoms with Crippen LogP contribution >= 0.6 is 11.3 Å². The molecule has 0 aliphatic carbocycles. The summed E-state index contributed by atoms with van der Waals surface area (Å²) in [7, 11) is 0. The molecule has 1 unspecified atom stereocenters. The van der Waals surface area contributed by atoms with E-state index in [2.05, 4.69) is 0 Å². The van der Waals surface area contributed by atoms with Crippen molar-refractivity contribution < 1.29 is 9.90 Å². The Kier molecular flexibility index (Phi) is 3.06. The van der Waals surface area contributed by atoms with Crippen LogP contribution in [0.15, 0.2) is 5.38 Å². The van der Waals surface area contributed by atoms with Gasteiger partial charge in [-0.25, -0.2) is 4.79 Å². The Labute approximate surface area is 81.2 Å². The van der Waals surface area contributed by atoms with E-state index in [1.165, 1.54) is 11.3 Å². The van der Waals surface area contributed by atoms with Crippen LogP contribution in [-0.2, 0) is 0 Å². The lowest BCUT2D eigenvalue weighted by molar-refractivity contribution is 0.0701. The molecule has 1 aromatic rings. The van der Waals surface area contributed by atoms with E-state index in [0.29, 0.717) is 4.88 Å². The number of hydrogen-bond acceptors (Lipinski definition) is 3. The largest absolute Gasteiger partial charge is 0.477 e. The predicted molar refractivity (Wildman–Crippen MR) is 53.2 cm³/mol. The van der Waals surface area contributed by atoms with Crippen LogP contribution in [0, 0.1) is 6.92 Å². The summed E-state index contributed by atoms with van der Waals surface area (Å²) in [6, 6.07) is -0.0376. The number of carbonyl (C=O) groups is 1. The number of hydrogen-bond donors (Lipinski definition) is 2. The second kappa shape index (κ2) is 3.89. The minimum atomic E-state index is -0.864. The van der Waals surface area contributed by atoms with Crippen molar-refractivity contribution in [3.63, 3.8) is 0 Å². The molecule has 1 aromatic heterocycles. The topological polar surface area (TPSA) is 63.3 Å². The summed E-state index contributed by atoms with van der Waals surface area (Å²) in [6.45, 7) is 3.80. The number of carboxylic acid groups (broad SMARTS) is 1. The van der Waals surface area contributed by atoms with Gasteiger partial charge in [-0.2, -0.15) is 0 Å². The fraction of sp³-hybridized carbons (Fsp3) is 0.444. The highest BCUT2D eigenvalue weighted by Gasteiger charge is 2.16. The lowest BCUT2D eigenvalue weighted by Crippen LogP contribution is -2.09. The molecule has 0 amide bonds. The second-order valence-electron chi connectivity index (χ2n) is 2.97. The SMILES string of the molecule is CCC(N)c1csc(C(=O)O)c1C. The van der Waals surface area contributed by atoms with E-state index in [0.717, 1.165) is 17.5 Å². The second-order valence-corrected chi connectivity index (χ2v) is 3.84. The third-order valence-electron chi connectivity index (χ3n) is 2.11. The van der Waals surface area contributed by atoms with E-state index in [9.17, 15) is 4.79 Å². The molecule has 13 heavy (non-hydrogen) atoms. The summed E-state index contributed by atoms with van der Waals surface area (Å²) in [4.78, 5) is 11.1. The lowest BCUT2D eigenvalue weighted by atomic mass is 10.0. The van der Waals surface area contributed by atoms with Crippen LogP contribution in [0.1, 0.15) is 40.2 Å². The van der Waals surface area contributed by atoms with Gasteiger partial charge in [-0.15, -0.1) is 11.3 Å². The van der Waals surface area contributed by atoms with E-state index in [1.54, 1.807) is 0 Å². The fourth-order valence-corrected chi connectivity index (χ4v) is 2.22. The molecule has 0 radical (unpaired) electrons. The fourth-order valence-electron chi connectivity index (χ4n) is 1.23. The molecule has 4 heteroatoms. The maximum atomic E-state index is 10.7. The maximum absolute atomic E-state index is 10.7. The molecule has 0 spiro atoms.